The normalized spacial score (nSPS) is 11.9. The molecule has 0 amide bonds. The van der Waals surface area contributed by atoms with Gasteiger partial charge in [0.15, 0.2) is 6.10 Å². The van der Waals surface area contributed by atoms with Crippen molar-refractivity contribution in [2.45, 2.75) is 26.9 Å². The Morgan fingerprint density at radius 1 is 1.25 bits per heavy atom. The van der Waals surface area contributed by atoms with Crippen LogP contribution in [-0.4, -0.2) is 45.7 Å². The van der Waals surface area contributed by atoms with Crippen LogP contribution >= 0.6 is 0 Å². The second-order valence-corrected chi connectivity index (χ2v) is 5.43. The number of ketones is 1. The molecule has 0 spiro atoms. The van der Waals surface area contributed by atoms with Crippen molar-refractivity contribution in [2.24, 2.45) is 7.05 Å². The Morgan fingerprint density at radius 3 is 2.46 bits per heavy atom. The summed E-state index contributed by atoms with van der Waals surface area (Å²) in [5, 5.41) is 3.88. The topological polar surface area (TPSA) is 103 Å². The summed E-state index contributed by atoms with van der Waals surface area (Å²) in [5.41, 5.74) is 1.78. The molecule has 0 bridgehead atoms. The molecular weight excluding hydrogens is 314 g/mol. The number of aryl methyl sites for hydroxylation is 2. The Labute approximate surface area is 138 Å². The van der Waals surface area contributed by atoms with Crippen LogP contribution in [-0.2, 0) is 16.5 Å². The lowest BCUT2D eigenvalue weighted by molar-refractivity contribution is 0.0316. The van der Waals surface area contributed by atoms with Crippen LogP contribution in [0.5, 0.6) is 0 Å². The SMILES string of the molecule is COC(=O)c1c(C)[nH]c(C(=O)C(C)OC(=O)c2cnn(C)c2)c1C. The van der Waals surface area contributed by atoms with Crippen LogP contribution in [0.15, 0.2) is 12.4 Å². The van der Waals surface area contributed by atoms with Gasteiger partial charge < -0.3 is 14.5 Å². The van der Waals surface area contributed by atoms with Gasteiger partial charge in [-0.25, -0.2) is 9.59 Å². The molecule has 2 heterocycles. The van der Waals surface area contributed by atoms with E-state index < -0.39 is 23.8 Å². The highest BCUT2D eigenvalue weighted by molar-refractivity contribution is 6.04. The smallest absolute Gasteiger partial charge is 0.342 e. The zero-order valence-corrected chi connectivity index (χ0v) is 14.2. The molecule has 0 fully saturated rings. The minimum Gasteiger partial charge on any atom is -0.465 e. The average Bonchev–Trinajstić information content (AvgIpc) is 3.09. The third-order valence-corrected chi connectivity index (χ3v) is 3.67. The van der Waals surface area contributed by atoms with E-state index in [4.69, 9.17) is 9.47 Å². The first-order valence-electron chi connectivity index (χ1n) is 7.27. The van der Waals surface area contributed by atoms with Gasteiger partial charge in [-0.05, 0) is 26.3 Å². The van der Waals surface area contributed by atoms with Gasteiger partial charge in [0.2, 0.25) is 5.78 Å². The van der Waals surface area contributed by atoms with Gasteiger partial charge >= 0.3 is 11.9 Å². The number of carbonyl (C=O) groups excluding carboxylic acids is 3. The van der Waals surface area contributed by atoms with Crippen molar-refractivity contribution in [1.82, 2.24) is 14.8 Å². The Morgan fingerprint density at radius 2 is 1.92 bits per heavy atom. The fourth-order valence-electron chi connectivity index (χ4n) is 2.42. The summed E-state index contributed by atoms with van der Waals surface area (Å²) in [7, 11) is 2.94. The Kier molecular flexibility index (Phi) is 4.87. The summed E-state index contributed by atoms with van der Waals surface area (Å²) in [4.78, 5) is 39.2. The van der Waals surface area contributed by atoms with E-state index in [0.717, 1.165) is 0 Å². The summed E-state index contributed by atoms with van der Waals surface area (Å²) >= 11 is 0. The number of nitrogens with one attached hydrogen (secondary N) is 1. The van der Waals surface area contributed by atoms with Crippen molar-refractivity contribution in [3.63, 3.8) is 0 Å². The number of hydrogen-bond acceptors (Lipinski definition) is 6. The first kappa shape index (κ1) is 17.5. The third-order valence-electron chi connectivity index (χ3n) is 3.67. The molecule has 0 saturated heterocycles. The van der Waals surface area contributed by atoms with Crippen LogP contribution in [0.4, 0.5) is 0 Å². The summed E-state index contributed by atoms with van der Waals surface area (Å²) in [6.45, 7) is 4.78. The molecule has 1 unspecified atom stereocenters. The summed E-state index contributed by atoms with van der Waals surface area (Å²) in [6.07, 6.45) is 1.85. The lowest BCUT2D eigenvalue weighted by Gasteiger charge is -2.11. The van der Waals surface area contributed by atoms with E-state index in [2.05, 4.69) is 10.1 Å². The molecule has 2 rings (SSSR count). The van der Waals surface area contributed by atoms with E-state index in [1.165, 1.54) is 31.1 Å². The van der Waals surface area contributed by atoms with Crippen LogP contribution in [0.3, 0.4) is 0 Å². The van der Waals surface area contributed by atoms with E-state index in [-0.39, 0.29) is 11.3 Å². The minimum atomic E-state index is -1.01. The maximum absolute atomic E-state index is 12.5. The number of esters is 2. The number of Topliss-reactive ketones (excluding diaryl/α,β-unsaturated/α-hetero) is 1. The van der Waals surface area contributed by atoms with Crippen molar-refractivity contribution in [3.05, 3.63) is 40.5 Å². The van der Waals surface area contributed by atoms with Gasteiger partial charge in [0.1, 0.15) is 0 Å². The fraction of sp³-hybridized carbons (Fsp3) is 0.375. The van der Waals surface area contributed by atoms with E-state index in [9.17, 15) is 14.4 Å². The molecule has 2 aromatic heterocycles. The van der Waals surface area contributed by atoms with Crippen LogP contribution in [0.2, 0.25) is 0 Å². The van der Waals surface area contributed by atoms with Crippen molar-refractivity contribution < 1.29 is 23.9 Å². The van der Waals surface area contributed by atoms with E-state index in [1.807, 2.05) is 0 Å². The van der Waals surface area contributed by atoms with Crippen LogP contribution in [0, 0.1) is 13.8 Å². The summed E-state index contributed by atoms with van der Waals surface area (Å²) in [5.74, 6) is -1.60. The van der Waals surface area contributed by atoms with Gasteiger partial charge in [-0.1, -0.05) is 0 Å². The van der Waals surface area contributed by atoms with Crippen molar-refractivity contribution in [1.29, 1.82) is 0 Å². The van der Waals surface area contributed by atoms with Crippen molar-refractivity contribution in [3.8, 4) is 0 Å². The molecule has 0 aliphatic carbocycles. The summed E-state index contributed by atoms with van der Waals surface area (Å²) in [6, 6.07) is 0. The van der Waals surface area contributed by atoms with Crippen LogP contribution in [0.25, 0.3) is 0 Å². The molecule has 0 saturated carbocycles. The lowest BCUT2D eigenvalue weighted by atomic mass is 10.1. The maximum atomic E-state index is 12.5. The number of nitrogens with zero attached hydrogens (tertiary/aromatic N) is 2. The monoisotopic (exact) mass is 333 g/mol. The zero-order valence-electron chi connectivity index (χ0n) is 14.2. The highest BCUT2D eigenvalue weighted by Crippen LogP contribution is 2.21. The number of hydrogen-bond donors (Lipinski definition) is 1. The van der Waals surface area contributed by atoms with Crippen molar-refractivity contribution in [2.75, 3.05) is 7.11 Å². The molecule has 8 nitrogen and oxygen atoms in total. The van der Waals surface area contributed by atoms with Gasteiger partial charge in [0.25, 0.3) is 0 Å². The van der Waals surface area contributed by atoms with E-state index >= 15 is 0 Å². The van der Waals surface area contributed by atoms with Gasteiger partial charge in [-0.3, -0.25) is 9.48 Å². The highest BCUT2D eigenvalue weighted by Gasteiger charge is 2.27. The largest absolute Gasteiger partial charge is 0.465 e. The number of aromatic amines is 1. The molecule has 1 N–H and O–H groups in total. The molecule has 24 heavy (non-hydrogen) atoms. The zero-order chi connectivity index (χ0) is 18.0. The highest BCUT2D eigenvalue weighted by atomic mass is 16.5. The molecule has 2 aromatic rings. The quantitative estimate of drug-likeness (QED) is 0.658. The molecule has 1 atom stereocenters. The van der Waals surface area contributed by atoms with Gasteiger partial charge in [-0.2, -0.15) is 5.10 Å². The molecular formula is C16H19N3O5. The third kappa shape index (κ3) is 3.22. The molecule has 8 heteroatoms. The predicted molar refractivity (Wildman–Crippen MR) is 84.0 cm³/mol. The number of aromatic nitrogens is 3. The Bertz CT molecular complexity index is 803. The number of methoxy groups -OCH3 is 1. The lowest BCUT2D eigenvalue weighted by Crippen LogP contribution is -2.25. The number of rotatable bonds is 5. The maximum Gasteiger partial charge on any atom is 0.342 e. The molecule has 0 radical (unpaired) electrons. The molecule has 128 valence electrons. The second-order valence-electron chi connectivity index (χ2n) is 5.43. The first-order chi connectivity index (χ1) is 11.3. The number of carbonyl (C=O) groups is 3. The molecule has 0 aliphatic rings. The van der Waals surface area contributed by atoms with Crippen LogP contribution in [0.1, 0.15) is 49.4 Å². The van der Waals surface area contributed by atoms with Crippen LogP contribution < -0.4 is 0 Å². The van der Waals surface area contributed by atoms with Crippen molar-refractivity contribution >= 4 is 17.7 Å². The van der Waals surface area contributed by atoms with E-state index in [0.29, 0.717) is 16.8 Å². The number of ether oxygens (including phenoxy) is 2. The Balaban J connectivity index is 2.19. The fourth-order valence-corrected chi connectivity index (χ4v) is 2.42. The predicted octanol–water partition coefficient (Wildman–Crippen LogP) is 1.58. The Hall–Kier alpha value is -2.90. The van der Waals surface area contributed by atoms with E-state index in [1.54, 1.807) is 20.9 Å². The van der Waals surface area contributed by atoms with Gasteiger partial charge in [-0.15, -0.1) is 0 Å². The number of H-pyrrole nitrogens is 1. The average molecular weight is 333 g/mol. The summed E-state index contributed by atoms with van der Waals surface area (Å²) < 4.78 is 11.4. The molecule has 0 aromatic carbocycles. The molecule has 0 aliphatic heterocycles. The van der Waals surface area contributed by atoms with Gasteiger partial charge in [0, 0.05) is 18.9 Å². The second kappa shape index (κ2) is 6.69. The standard InChI is InChI=1S/C16H19N3O5/c1-8-12(16(22)23-5)9(2)18-13(8)14(20)10(3)24-15(21)11-6-17-19(4)7-11/h6-7,10,18H,1-5H3. The first-order valence-corrected chi connectivity index (χ1v) is 7.27. The minimum absolute atomic E-state index is 0.222. The van der Waals surface area contributed by atoms with Gasteiger partial charge in [0.05, 0.1) is 30.1 Å².